The number of aryl methyl sites for hydroxylation is 2. The predicted molar refractivity (Wildman–Crippen MR) is 63.3 cm³/mol. The van der Waals surface area contributed by atoms with Crippen LogP contribution in [0.1, 0.15) is 25.0 Å². The number of benzene rings is 1. The lowest BCUT2D eigenvalue weighted by atomic mass is 10.0. The van der Waals surface area contributed by atoms with Crippen LogP contribution >= 0.6 is 11.6 Å². The molecule has 15 heavy (non-hydrogen) atoms. The molecular formula is C12H13ClN2. The summed E-state index contributed by atoms with van der Waals surface area (Å²) in [6.45, 7) is 4.32. The van der Waals surface area contributed by atoms with Gasteiger partial charge in [-0.2, -0.15) is 0 Å². The molecule has 0 atom stereocenters. The first-order valence-corrected chi connectivity index (χ1v) is 5.56. The third-order valence-electron chi connectivity index (χ3n) is 2.63. The third-order valence-corrected chi connectivity index (χ3v) is 2.82. The molecule has 1 aromatic carbocycles. The molecule has 0 aliphatic carbocycles. The summed E-state index contributed by atoms with van der Waals surface area (Å²) in [4.78, 5) is 8.21. The molecule has 2 aromatic rings. The van der Waals surface area contributed by atoms with Crippen molar-refractivity contribution in [3.05, 3.63) is 34.7 Å². The van der Waals surface area contributed by atoms with Crippen LogP contribution in [0.3, 0.4) is 0 Å². The van der Waals surface area contributed by atoms with E-state index in [1.807, 2.05) is 0 Å². The number of nitrogens with zero attached hydrogens (tertiary/aromatic N) is 2. The van der Waals surface area contributed by atoms with Crippen molar-refractivity contribution in [3.63, 3.8) is 0 Å². The minimum Gasteiger partial charge on any atom is -0.226 e. The standard InChI is InChI=1S/C12H13ClN2/c1-3-8-5-10-7-14-12(13)15-11(10)6-9(8)4-2/h5-7H,3-4H2,1-2H3. The van der Waals surface area contributed by atoms with Crippen molar-refractivity contribution in [3.8, 4) is 0 Å². The second-order valence-electron chi connectivity index (χ2n) is 3.53. The number of halogens is 1. The van der Waals surface area contributed by atoms with E-state index >= 15 is 0 Å². The molecule has 0 spiro atoms. The summed E-state index contributed by atoms with van der Waals surface area (Å²) >= 11 is 5.77. The SMILES string of the molecule is CCc1cc2cnc(Cl)nc2cc1CC. The Balaban J connectivity index is 2.69. The topological polar surface area (TPSA) is 25.8 Å². The average molecular weight is 221 g/mol. The Morgan fingerprint density at radius 2 is 1.80 bits per heavy atom. The molecule has 0 aliphatic heterocycles. The van der Waals surface area contributed by atoms with E-state index in [2.05, 4.69) is 35.9 Å². The van der Waals surface area contributed by atoms with Gasteiger partial charge in [0, 0.05) is 11.6 Å². The number of rotatable bonds is 2. The molecule has 0 saturated heterocycles. The Morgan fingerprint density at radius 3 is 2.47 bits per heavy atom. The zero-order chi connectivity index (χ0) is 10.8. The minimum atomic E-state index is 0.314. The maximum atomic E-state index is 5.77. The zero-order valence-electron chi connectivity index (χ0n) is 8.92. The van der Waals surface area contributed by atoms with Crippen LogP contribution in [0.25, 0.3) is 10.9 Å². The second kappa shape index (κ2) is 4.15. The fourth-order valence-corrected chi connectivity index (χ4v) is 1.94. The molecule has 78 valence electrons. The van der Waals surface area contributed by atoms with Gasteiger partial charge >= 0.3 is 0 Å². The largest absolute Gasteiger partial charge is 0.226 e. The van der Waals surface area contributed by atoms with E-state index in [4.69, 9.17) is 11.6 Å². The van der Waals surface area contributed by atoms with E-state index in [1.165, 1.54) is 11.1 Å². The summed E-state index contributed by atoms with van der Waals surface area (Å²) in [5, 5.41) is 1.38. The average Bonchev–Trinajstić information content (AvgIpc) is 2.27. The Morgan fingerprint density at radius 1 is 1.13 bits per heavy atom. The zero-order valence-corrected chi connectivity index (χ0v) is 9.67. The summed E-state index contributed by atoms with van der Waals surface area (Å²) in [6, 6.07) is 4.27. The van der Waals surface area contributed by atoms with Crippen molar-refractivity contribution in [1.29, 1.82) is 0 Å². The highest BCUT2D eigenvalue weighted by atomic mass is 35.5. The molecule has 0 bridgehead atoms. The van der Waals surface area contributed by atoms with Crippen molar-refractivity contribution >= 4 is 22.5 Å². The van der Waals surface area contributed by atoms with Crippen molar-refractivity contribution in [2.75, 3.05) is 0 Å². The van der Waals surface area contributed by atoms with Crippen LogP contribution in [-0.4, -0.2) is 9.97 Å². The second-order valence-corrected chi connectivity index (χ2v) is 3.86. The molecule has 0 saturated carbocycles. The van der Waals surface area contributed by atoms with Gasteiger partial charge in [-0.05, 0) is 47.7 Å². The van der Waals surface area contributed by atoms with E-state index in [9.17, 15) is 0 Å². The van der Waals surface area contributed by atoms with E-state index < -0.39 is 0 Å². The Bertz CT molecular complexity index is 494. The normalized spacial score (nSPS) is 10.9. The number of aromatic nitrogens is 2. The number of hydrogen-bond acceptors (Lipinski definition) is 2. The lowest BCUT2D eigenvalue weighted by Gasteiger charge is -2.07. The van der Waals surface area contributed by atoms with Gasteiger partial charge in [-0.15, -0.1) is 0 Å². The summed E-state index contributed by atoms with van der Waals surface area (Å²) < 4.78 is 0. The van der Waals surface area contributed by atoms with Crippen LogP contribution in [0.15, 0.2) is 18.3 Å². The van der Waals surface area contributed by atoms with E-state index in [1.54, 1.807) is 6.20 Å². The maximum Gasteiger partial charge on any atom is 0.222 e. The molecule has 0 amide bonds. The predicted octanol–water partition coefficient (Wildman–Crippen LogP) is 3.41. The summed E-state index contributed by atoms with van der Waals surface area (Å²) in [7, 11) is 0. The summed E-state index contributed by atoms with van der Waals surface area (Å²) in [6.07, 6.45) is 3.85. The third kappa shape index (κ3) is 1.95. The number of fused-ring (bicyclic) bond motifs is 1. The van der Waals surface area contributed by atoms with E-state index in [0.717, 1.165) is 23.7 Å². The minimum absolute atomic E-state index is 0.314. The van der Waals surface area contributed by atoms with Crippen molar-refractivity contribution in [2.24, 2.45) is 0 Å². The quantitative estimate of drug-likeness (QED) is 0.725. The van der Waals surface area contributed by atoms with E-state index in [0.29, 0.717) is 5.28 Å². The molecule has 0 unspecified atom stereocenters. The Hall–Kier alpha value is -1.15. The van der Waals surface area contributed by atoms with Crippen LogP contribution in [0.2, 0.25) is 5.28 Å². The van der Waals surface area contributed by atoms with Crippen LogP contribution in [0, 0.1) is 0 Å². The molecular weight excluding hydrogens is 208 g/mol. The van der Waals surface area contributed by atoms with Crippen LogP contribution in [0.4, 0.5) is 0 Å². The lowest BCUT2D eigenvalue weighted by molar-refractivity contribution is 1.04. The lowest BCUT2D eigenvalue weighted by Crippen LogP contribution is -1.93. The monoisotopic (exact) mass is 220 g/mol. The summed E-state index contributed by atoms with van der Waals surface area (Å²) in [5.74, 6) is 0. The number of hydrogen-bond donors (Lipinski definition) is 0. The highest BCUT2D eigenvalue weighted by molar-refractivity contribution is 6.28. The van der Waals surface area contributed by atoms with Crippen LogP contribution in [-0.2, 0) is 12.8 Å². The maximum absolute atomic E-state index is 5.77. The van der Waals surface area contributed by atoms with E-state index in [-0.39, 0.29) is 0 Å². The van der Waals surface area contributed by atoms with Crippen LogP contribution < -0.4 is 0 Å². The van der Waals surface area contributed by atoms with Gasteiger partial charge < -0.3 is 0 Å². The molecule has 2 rings (SSSR count). The Labute approximate surface area is 94.3 Å². The molecule has 3 heteroatoms. The molecule has 1 aromatic heterocycles. The molecule has 0 fully saturated rings. The molecule has 1 heterocycles. The first-order valence-electron chi connectivity index (χ1n) is 5.18. The molecule has 2 nitrogen and oxygen atoms in total. The van der Waals surface area contributed by atoms with Gasteiger partial charge in [0.25, 0.3) is 0 Å². The Kier molecular flexibility index (Phi) is 2.87. The summed E-state index contributed by atoms with van der Waals surface area (Å²) in [5.41, 5.74) is 3.65. The van der Waals surface area contributed by atoms with Gasteiger partial charge in [-0.1, -0.05) is 13.8 Å². The molecule has 0 aliphatic rings. The van der Waals surface area contributed by atoms with Gasteiger partial charge in [-0.25, -0.2) is 9.97 Å². The smallest absolute Gasteiger partial charge is 0.222 e. The van der Waals surface area contributed by atoms with Crippen molar-refractivity contribution < 1.29 is 0 Å². The molecule has 0 N–H and O–H groups in total. The van der Waals surface area contributed by atoms with Crippen molar-refractivity contribution in [2.45, 2.75) is 26.7 Å². The van der Waals surface area contributed by atoms with Gasteiger partial charge in [-0.3, -0.25) is 0 Å². The highest BCUT2D eigenvalue weighted by Crippen LogP contribution is 2.20. The van der Waals surface area contributed by atoms with Crippen LogP contribution in [0.5, 0.6) is 0 Å². The van der Waals surface area contributed by atoms with Crippen molar-refractivity contribution in [1.82, 2.24) is 9.97 Å². The van der Waals surface area contributed by atoms with Gasteiger partial charge in [0.2, 0.25) is 5.28 Å². The van der Waals surface area contributed by atoms with Gasteiger partial charge in [0.1, 0.15) is 0 Å². The fourth-order valence-electron chi connectivity index (χ4n) is 1.80. The first-order chi connectivity index (χ1) is 7.24. The molecule has 0 radical (unpaired) electrons. The van der Waals surface area contributed by atoms with Gasteiger partial charge in [0.05, 0.1) is 5.52 Å². The van der Waals surface area contributed by atoms with Gasteiger partial charge in [0.15, 0.2) is 0 Å². The first kappa shape index (κ1) is 10.4. The highest BCUT2D eigenvalue weighted by Gasteiger charge is 2.04. The fraction of sp³-hybridized carbons (Fsp3) is 0.333.